The molecule has 0 saturated carbocycles. The second-order valence-corrected chi connectivity index (χ2v) is 3.14. The van der Waals surface area contributed by atoms with Gasteiger partial charge in [0.1, 0.15) is 6.17 Å². The minimum Gasteiger partial charge on any atom is -0.308 e. The first-order valence-electron chi connectivity index (χ1n) is 3.76. The third-order valence-electron chi connectivity index (χ3n) is 2.50. The fourth-order valence-corrected chi connectivity index (χ4v) is 1.92. The summed E-state index contributed by atoms with van der Waals surface area (Å²) in [6.45, 7) is 0. The summed E-state index contributed by atoms with van der Waals surface area (Å²) in [7, 11) is 0. The summed E-state index contributed by atoms with van der Waals surface area (Å²) in [5.41, 5.74) is 0. The molecule has 0 radical (unpaired) electrons. The van der Waals surface area contributed by atoms with E-state index in [1.54, 1.807) is 0 Å². The zero-order chi connectivity index (χ0) is 6.27. The van der Waals surface area contributed by atoms with E-state index in [0.29, 0.717) is 6.04 Å². The number of fused-ring (bicyclic) bond motifs is 2. The highest BCUT2D eigenvalue weighted by atomic mass is 19.1. The maximum absolute atomic E-state index is 12.8. The van der Waals surface area contributed by atoms with Crippen molar-refractivity contribution in [1.82, 2.24) is 5.32 Å². The molecule has 1 N–H and O–H groups in total. The first-order valence-corrected chi connectivity index (χ1v) is 3.76. The lowest BCUT2D eigenvalue weighted by atomic mass is 10.0. The summed E-state index contributed by atoms with van der Waals surface area (Å²) in [6, 6.07) is 0.866. The second-order valence-electron chi connectivity index (χ2n) is 3.14. The van der Waals surface area contributed by atoms with Gasteiger partial charge < -0.3 is 5.32 Å². The van der Waals surface area contributed by atoms with Crippen LogP contribution < -0.4 is 5.32 Å². The van der Waals surface area contributed by atoms with Crippen molar-refractivity contribution in [3.8, 4) is 0 Å². The van der Waals surface area contributed by atoms with Gasteiger partial charge in [-0.05, 0) is 25.7 Å². The molecule has 2 rings (SSSR count). The van der Waals surface area contributed by atoms with Crippen LogP contribution in [0.2, 0.25) is 0 Å². The Kier molecular flexibility index (Phi) is 1.22. The third kappa shape index (κ3) is 0.855. The summed E-state index contributed by atoms with van der Waals surface area (Å²) in [5, 5.41) is 3.27. The highest BCUT2D eigenvalue weighted by molar-refractivity contribution is 4.93. The van der Waals surface area contributed by atoms with Gasteiger partial charge >= 0.3 is 0 Å². The van der Waals surface area contributed by atoms with Crippen LogP contribution in [-0.2, 0) is 0 Å². The number of alkyl halides is 1. The quantitative estimate of drug-likeness (QED) is 0.519. The van der Waals surface area contributed by atoms with E-state index < -0.39 is 6.17 Å². The molecule has 0 spiro atoms. The van der Waals surface area contributed by atoms with Crippen molar-refractivity contribution in [3.05, 3.63) is 0 Å². The smallest absolute Gasteiger partial charge is 0.115 e. The minimum atomic E-state index is -0.552. The van der Waals surface area contributed by atoms with Crippen molar-refractivity contribution in [3.63, 3.8) is 0 Å². The molecule has 0 aromatic rings. The van der Waals surface area contributed by atoms with Gasteiger partial charge in [-0.1, -0.05) is 0 Å². The lowest BCUT2D eigenvalue weighted by molar-refractivity contribution is 0.208. The Morgan fingerprint density at radius 2 is 1.89 bits per heavy atom. The predicted molar refractivity (Wildman–Crippen MR) is 34.1 cm³/mol. The normalized spacial score (nSPS) is 49.7. The fraction of sp³-hybridized carbons (Fsp3) is 1.00. The van der Waals surface area contributed by atoms with Crippen LogP contribution in [0, 0.1) is 0 Å². The van der Waals surface area contributed by atoms with E-state index in [2.05, 4.69) is 5.32 Å². The first-order chi connectivity index (χ1) is 4.36. The van der Waals surface area contributed by atoms with Gasteiger partial charge in [0, 0.05) is 12.1 Å². The van der Waals surface area contributed by atoms with E-state index in [9.17, 15) is 4.39 Å². The van der Waals surface area contributed by atoms with Gasteiger partial charge in [0.25, 0.3) is 0 Å². The largest absolute Gasteiger partial charge is 0.308 e. The molecule has 3 atom stereocenters. The molecule has 2 saturated heterocycles. The van der Waals surface area contributed by atoms with Gasteiger partial charge in [-0.3, -0.25) is 0 Å². The molecule has 2 heterocycles. The summed E-state index contributed by atoms with van der Waals surface area (Å²) >= 11 is 0. The number of hydrogen-bond acceptors (Lipinski definition) is 1. The van der Waals surface area contributed by atoms with Gasteiger partial charge in [0.05, 0.1) is 0 Å². The summed E-state index contributed by atoms with van der Waals surface area (Å²) in [5.74, 6) is 0. The standard InChI is InChI=1S/C7H12FN/c8-6-3-1-5-2-4-7(6)9-5/h5-7,9H,1-4H2/t5-,6-,7-/m1/s1. The summed E-state index contributed by atoms with van der Waals surface area (Å²) in [6.07, 6.45) is 3.56. The molecule has 52 valence electrons. The zero-order valence-electron chi connectivity index (χ0n) is 5.44. The third-order valence-corrected chi connectivity index (χ3v) is 2.50. The van der Waals surface area contributed by atoms with Crippen molar-refractivity contribution in [1.29, 1.82) is 0 Å². The lowest BCUT2D eigenvalue weighted by Gasteiger charge is -2.23. The molecule has 0 aromatic heterocycles. The van der Waals surface area contributed by atoms with Crippen molar-refractivity contribution in [2.24, 2.45) is 0 Å². The summed E-state index contributed by atoms with van der Waals surface area (Å²) < 4.78 is 12.8. The van der Waals surface area contributed by atoms with Gasteiger partial charge in [-0.2, -0.15) is 0 Å². The molecular formula is C7H12FN. The number of hydrogen-bond donors (Lipinski definition) is 1. The Balaban J connectivity index is 2.05. The monoisotopic (exact) mass is 129 g/mol. The van der Waals surface area contributed by atoms with Gasteiger partial charge in [-0.15, -0.1) is 0 Å². The molecule has 9 heavy (non-hydrogen) atoms. The van der Waals surface area contributed by atoms with E-state index >= 15 is 0 Å². The van der Waals surface area contributed by atoms with Crippen LogP contribution in [-0.4, -0.2) is 18.3 Å². The predicted octanol–water partition coefficient (Wildman–Crippen LogP) is 1.24. The van der Waals surface area contributed by atoms with Gasteiger partial charge in [0.2, 0.25) is 0 Å². The Labute approximate surface area is 54.6 Å². The molecule has 0 aromatic carbocycles. The van der Waals surface area contributed by atoms with Gasteiger partial charge in [0.15, 0.2) is 0 Å². The molecule has 2 aliphatic rings. The van der Waals surface area contributed by atoms with Crippen LogP contribution >= 0.6 is 0 Å². The van der Waals surface area contributed by atoms with Crippen LogP contribution in [0.3, 0.4) is 0 Å². The number of piperidine rings is 1. The Hall–Kier alpha value is -0.110. The molecule has 2 fully saturated rings. The van der Waals surface area contributed by atoms with Gasteiger partial charge in [-0.25, -0.2) is 4.39 Å². The maximum Gasteiger partial charge on any atom is 0.115 e. The van der Waals surface area contributed by atoms with Crippen LogP contribution in [0.1, 0.15) is 25.7 Å². The topological polar surface area (TPSA) is 12.0 Å². The average molecular weight is 129 g/mol. The molecule has 1 nitrogen and oxygen atoms in total. The molecule has 0 unspecified atom stereocenters. The molecular weight excluding hydrogens is 117 g/mol. The van der Waals surface area contributed by atoms with E-state index in [0.717, 1.165) is 19.3 Å². The Morgan fingerprint density at radius 3 is 2.67 bits per heavy atom. The first kappa shape index (κ1) is 5.66. The average Bonchev–Trinajstić information content (AvgIpc) is 2.25. The molecule has 2 bridgehead atoms. The molecule has 2 aliphatic heterocycles. The molecule has 2 heteroatoms. The molecule has 0 aliphatic carbocycles. The van der Waals surface area contributed by atoms with Crippen LogP contribution in [0.4, 0.5) is 4.39 Å². The van der Waals surface area contributed by atoms with E-state index in [4.69, 9.17) is 0 Å². The minimum absolute atomic E-state index is 0.212. The van der Waals surface area contributed by atoms with E-state index in [1.807, 2.05) is 0 Å². The number of rotatable bonds is 0. The lowest BCUT2D eigenvalue weighted by Crippen LogP contribution is -2.41. The van der Waals surface area contributed by atoms with Crippen molar-refractivity contribution in [2.45, 2.75) is 43.9 Å². The fourth-order valence-electron chi connectivity index (χ4n) is 1.92. The Bertz CT molecular complexity index is 115. The Morgan fingerprint density at radius 1 is 1.11 bits per heavy atom. The van der Waals surface area contributed by atoms with E-state index in [1.165, 1.54) is 6.42 Å². The number of nitrogens with one attached hydrogen (secondary N) is 1. The van der Waals surface area contributed by atoms with Crippen LogP contribution in [0.5, 0.6) is 0 Å². The van der Waals surface area contributed by atoms with E-state index in [-0.39, 0.29) is 6.04 Å². The maximum atomic E-state index is 12.8. The highest BCUT2D eigenvalue weighted by Gasteiger charge is 2.34. The molecule has 0 amide bonds. The van der Waals surface area contributed by atoms with Crippen LogP contribution in [0.25, 0.3) is 0 Å². The highest BCUT2D eigenvalue weighted by Crippen LogP contribution is 2.28. The van der Waals surface area contributed by atoms with Crippen molar-refractivity contribution in [2.75, 3.05) is 0 Å². The van der Waals surface area contributed by atoms with Crippen LogP contribution in [0.15, 0.2) is 0 Å². The van der Waals surface area contributed by atoms with Crippen molar-refractivity contribution < 1.29 is 4.39 Å². The zero-order valence-corrected chi connectivity index (χ0v) is 5.44. The van der Waals surface area contributed by atoms with Crippen molar-refractivity contribution >= 4 is 0 Å². The number of halogens is 1. The summed E-state index contributed by atoms with van der Waals surface area (Å²) in [4.78, 5) is 0. The second kappa shape index (κ2) is 1.94. The SMILES string of the molecule is F[C@@H]1CC[C@@H]2CC[C@H]1N2.